The summed E-state index contributed by atoms with van der Waals surface area (Å²) in [5.41, 5.74) is 4.58. The number of hydrogen-bond acceptors (Lipinski definition) is 5. The maximum atomic E-state index is 12.3. The number of hydrogen-bond donors (Lipinski definition) is 3. The highest BCUT2D eigenvalue weighted by Crippen LogP contribution is 2.44. The zero-order valence-corrected chi connectivity index (χ0v) is 18.9. The van der Waals surface area contributed by atoms with Crippen LogP contribution in [0.25, 0.3) is 11.1 Å². The Morgan fingerprint density at radius 3 is 2.18 bits per heavy atom. The molecule has 2 aromatic carbocycles. The molecule has 2 unspecified atom stereocenters. The normalized spacial score (nSPS) is 14.0. The molecule has 0 spiro atoms. The molecule has 0 fully saturated rings. The summed E-state index contributed by atoms with van der Waals surface area (Å²) in [6.07, 6.45) is -0.713. The first kappa shape index (κ1) is 24.3. The number of amides is 2. The first-order valence-corrected chi connectivity index (χ1v) is 11.0. The fourth-order valence-electron chi connectivity index (χ4n) is 3.92. The van der Waals surface area contributed by atoms with Gasteiger partial charge in [-0.3, -0.25) is 9.59 Å². The molecule has 2 atom stereocenters. The molecule has 0 saturated carbocycles. The van der Waals surface area contributed by atoms with Gasteiger partial charge in [0.25, 0.3) is 0 Å². The summed E-state index contributed by atoms with van der Waals surface area (Å²) in [4.78, 5) is 35.2. The highest BCUT2D eigenvalue weighted by Gasteiger charge is 2.29. The van der Waals surface area contributed by atoms with Crippen LogP contribution in [-0.4, -0.2) is 56.0 Å². The van der Waals surface area contributed by atoms with Crippen molar-refractivity contribution < 1.29 is 29.0 Å². The molecular formula is C25H30N2O6. The van der Waals surface area contributed by atoms with E-state index in [1.54, 1.807) is 6.92 Å². The van der Waals surface area contributed by atoms with Crippen LogP contribution in [0.3, 0.4) is 0 Å². The monoisotopic (exact) mass is 454 g/mol. The third-order valence-electron chi connectivity index (χ3n) is 5.89. The van der Waals surface area contributed by atoms with Gasteiger partial charge in [-0.1, -0.05) is 55.5 Å². The van der Waals surface area contributed by atoms with Crippen molar-refractivity contribution in [1.82, 2.24) is 10.6 Å². The van der Waals surface area contributed by atoms with Crippen molar-refractivity contribution in [3.63, 3.8) is 0 Å². The largest absolute Gasteiger partial charge is 0.481 e. The van der Waals surface area contributed by atoms with E-state index < -0.39 is 24.1 Å². The lowest BCUT2D eigenvalue weighted by Crippen LogP contribution is -2.38. The van der Waals surface area contributed by atoms with Crippen LogP contribution in [0.2, 0.25) is 0 Å². The standard InChI is InChI=1S/C25H30N2O6/c1-16(24(29)30)11-12-26-23(28)13-17(32-2)14-27-25(31)33-15-22-20-9-5-3-7-18(20)19-8-4-6-10-21(19)22/h3-10,16-17,22H,11-15H2,1-2H3,(H,26,28)(H,27,31)(H,29,30). The van der Waals surface area contributed by atoms with Crippen molar-refractivity contribution in [2.45, 2.75) is 31.8 Å². The number of aliphatic carboxylic acids is 1. The molecule has 176 valence electrons. The number of ether oxygens (including phenoxy) is 2. The van der Waals surface area contributed by atoms with Gasteiger partial charge in [0.05, 0.1) is 18.4 Å². The second-order valence-electron chi connectivity index (χ2n) is 8.15. The number of nitrogens with one attached hydrogen (secondary N) is 2. The van der Waals surface area contributed by atoms with E-state index in [1.165, 1.54) is 7.11 Å². The van der Waals surface area contributed by atoms with E-state index in [1.807, 2.05) is 24.3 Å². The number of rotatable bonds is 11. The number of carboxylic acid groups (broad SMARTS) is 1. The van der Waals surface area contributed by atoms with Gasteiger partial charge in [0.2, 0.25) is 5.91 Å². The molecule has 2 aromatic rings. The molecule has 8 heteroatoms. The zero-order valence-electron chi connectivity index (χ0n) is 18.9. The summed E-state index contributed by atoms with van der Waals surface area (Å²) in [5.74, 6) is -1.72. The van der Waals surface area contributed by atoms with Crippen LogP contribution >= 0.6 is 0 Å². The molecule has 2 amide bonds. The average molecular weight is 455 g/mol. The van der Waals surface area contributed by atoms with E-state index in [0.29, 0.717) is 6.42 Å². The molecule has 3 N–H and O–H groups in total. The Labute approximate surface area is 193 Å². The number of benzene rings is 2. The quantitative estimate of drug-likeness (QED) is 0.481. The van der Waals surface area contributed by atoms with Crippen molar-refractivity contribution in [2.24, 2.45) is 5.92 Å². The van der Waals surface area contributed by atoms with Crippen LogP contribution in [0.5, 0.6) is 0 Å². The topological polar surface area (TPSA) is 114 Å². The number of alkyl carbamates (subject to hydrolysis) is 1. The lowest BCUT2D eigenvalue weighted by molar-refractivity contribution is -0.141. The van der Waals surface area contributed by atoms with Crippen molar-refractivity contribution in [3.05, 3.63) is 59.7 Å². The van der Waals surface area contributed by atoms with E-state index in [0.717, 1.165) is 22.3 Å². The van der Waals surface area contributed by atoms with Gasteiger partial charge < -0.3 is 25.2 Å². The van der Waals surface area contributed by atoms with Gasteiger partial charge in [-0.05, 0) is 28.7 Å². The molecular weight excluding hydrogens is 424 g/mol. The van der Waals surface area contributed by atoms with E-state index in [-0.39, 0.29) is 37.9 Å². The van der Waals surface area contributed by atoms with Gasteiger partial charge in [0.1, 0.15) is 6.61 Å². The predicted molar refractivity (Wildman–Crippen MR) is 123 cm³/mol. The Kier molecular flexibility index (Phi) is 8.43. The smallest absolute Gasteiger partial charge is 0.407 e. The summed E-state index contributed by atoms with van der Waals surface area (Å²) in [7, 11) is 1.46. The van der Waals surface area contributed by atoms with Gasteiger partial charge >= 0.3 is 12.1 Å². The Hall–Kier alpha value is -3.39. The van der Waals surface area contributed by atoms with E-state index in [9.17, 15) is 14.4 Å². The first-order valence-electron chi connectivity index (χ1n) is 11.0. The first-order chi connectivity index (χ1) is 15.9. The maximum absolute atomic E-state index is 12.3. The van der Waals surface area contributed by atoms with E-state index >= 15 is 0 Å². The van der Waals surface area contributed by atoms with Crippen LogP contribution in [0, 0.1) is 5.92 Å². The lowest BCUT2D eigenvalue weighted by Gasteiger charge is -2.18. The van der Waals surface area contributed by atoms with Crippen molar-refractivity contribution in [2.75, 3.05) is 26.8 Å². The fourth-order valence-corrected chi connectivity index (χ4v) is 3.92. The highest BCUT2D eigenvalue weighted by molar-refractivity contribution is 5.79. The van der Waals surface area contributed by atoms with Crippen LogP contribution in [-0.2, 0) is 19.1 Å². The number of fused-ring (bicyclic) bond motifs is 3. The SMILES string of the molecule is COC(CNC(=O)OCC1c2ccccc2-c2ccccc21)CC(=O)NCCC(C)C(=O)O. The van der Waals surface area contributed by atoms with Gasteiger partial charge in [0.15, 0.2) is 0 Å². The minimum absolute atomic E-state index is 0.0275. The van der Waals surface area contributed by atoms with Crippen molar-refractivity contribution in [3.8, 4) is 11.1 Å². The zero-order chi connectivity index (χ0) is 23.8. The molecule has 1 aliphatic carbocycles. The molecule has 0 aromatic heterocycles. The molecule has 0 bridgehead atoms. The number of carbonyl (C=O) groups is 3. The van der Waals surface area contributed by atoms with E-state index in [4.69, 9.17) is 14.6 Å². The third kappa shape index (κ3) is 6.32. The van der Waals surface area contributed by atoms with Crippen LogP contribution < -0.4 is 10.6 Å². The van der Waals surface area contributed by atoms with Crippen molar-refractivity contribution >= 4 is 18.0 Å². The van der Waals surface area contributed by atoms with Crippen LogP contribution in [0.15, 0.2) is 48.5 Å². The van der Waals surface area contributed by atoms with Gasteiger partial charge in [-0.25, -0.2) is 4.79 Å². The second-order valence-corrected chi connectivity index (χ2v) is 8.15. The molecule has 0 saturated heterocycles. The van der Waals surface area contributed by atoms with Crippen LogP contribution in [0.1, 0.15) is 36.8 Å². The second kappa shape index (κ2) is 11.5. The summed E-state index contributed by atoms with van der Waals surface area (Å²) in [6.45, 7) is 2.18. The number of carboxylic acids is 1. The van der Waals surface area contributed by atoms with Gasteiger partial charge in [-0.2, -0.15) is 0 Å². The van der Waals surface area contributed by atoms with Crippen LogP contribution in [0.4, 0.5) is 4.79 Å². The Bertz CT molecular complexity index is 947. The Morgan fingerprint density at radius 2 is 1.61 bits per heavy atom. The molecule has 3 rings (SSSR count). The minimum atomic E-state index is -0.897. The molecule has 33 heavy (non-hydrogen) atoms. The van der Waals surface area contributed by atoms with Gasteiger partial charge in [-0.15, -0.1) is 0 Å². The highest BCUT2D eigenvalue weighted by atomic mass is 16.5. The molecule has 0 aliphatic heterocycles. The number of carbonyl (C=O) groups excluding carboxylic acids is 2. The van der Waals surface area contributed by atoms with Crippen molar-refractivity contribution in [1.29, 1.82) is 0 Å². The molecule has 0 heterocycles. The summed E-state index contributed by atoms with van der Waals surface area (Å²) < 4.78 is 10.8. The Balaban J connectivity index is 1.44. The lowest BCUT2D eigenvalue weighted by atomic mass is 9.98. The fraction of sp³-hybridized carbons (Fsp3) is 0.400. The predicted octanol–water partition coefficient (Wildman–Crippen LogP) is 3.16. The van der Waals surface area contributed by atoms with Gasteiger partial charge in [0, 0.05) is 26.1 Å². The van der Waals surface area contributed by atoms with E-state index in [2.05, 4.69) is 34.9 Å². The summed E-state index contributed by atoms with van der Waals surface area (Å²) in [6, 6.07) is 16.2. The number of methoxy groups -OCH3 is 1. The molecule has 1 aliphatic rings. The minimum Gasteiger partial charge on any atom is -0.481 e. The molecule has 8 nitrogen and oxygen atoms in total. The summed E-state index contributed by atoms with van der Waals surface area (Å²) in [5, 5.41) is 14.2. The summed E-state index contributed by atoms with van der Waals surface area (Å²) >= 11 is 0. The average Bonchev–Trinajstić information content (AvgIpc) is 3.14. The maximum Gasteiger partial charge on any atom is 0.407 e. The third-order valence-corrected chi connectivity index (χ3v) is 5.89. The Morgan fingerprint density at radius 1 is 1.00 bits per heavy atom. The molecule has 0 radical (unpaired) electrons.